The van der Waals surface area contributed by atoms with Crippen molar-refractivity contribution in [2.24, 2.45) is 0 Å². The van der Waals surface area contributed by atoms with E-state index in [4.69, 9.17) is 0 Å². The fourth-order valence-corrected chi connectivity index (χ4v) is 3.91. The number of rotatable bonds is 3. The molecule has 2 amide bonds. The Morgan fingerprint density at radius 1 is 1.26 bits per heavy atom. The number of amides is 2. The number of H-pyrrole nitrogens is 1. The van der Waals surface area contributed by atoms with E-state index in [1.807, 2.05) is 0 Å². The first-order valence-electron chi connectivity index (χ1n) is 8.04. The van der Waals surface area contributed by atoms with E-state index in [2.05, 4.69) is 15.4 Å². The molecule has 9 heteroatoms. The molecule has 2 aromatic heterocycles. The standard InChI is InChI=1S/C18H14N4O4S/c23-12-5-3-10(4-6-12)18-22(14(24)9-27-18)21-17(26)13-8-11-2-1-7-19-15(11)20-16(13)25/h1-8,18,23H,9H2,(H,21,26)(H,19,20,25). The van der Waals surface area contributed by atoms with Crippen LogP contribution in [0.15, 0.2) is 53.5 Å². The van der Waals surface area contributed by atoms with E-state index in [-0.39, 0.29) is 23.0 Å². The number of aromatic nitrogens is 2. The number of pyridine rings is 2. The topological polar surface area (TPSA) is 115 Å². The molecular formula is C18H14N4O4S. The number of aromatic hydroxyl groups is 1. The second-order valence-electron chi connectivity index (χ2n) is 5.91. The molecule has 0 spiro atoms. The summed E-state index contributed by atoms with van der Waals surface area (Å²) >= 11 is 1.35. The maximum Gasteiger partial charge on any atom is 0.275 e. The van der Waals surface area contributed by atoms with Crippen LogP contribution >= 0.6 is 11.8 Å². The van der Waals surface area contributed by atoms with Gasteiger partial charge in [0, 0.05) is 11.6 Å². The van der Waals surface area contributed by atoms with Crippen LogP contribution in [0.3, 0.4) is 0 Å². The van der Waals surface area contributed by atoms with Gasteiger partial charge in [0.05, 0.1) is 5.75 Å². The van der Waals surface area contributed by atoms with Gasteiger partial charge in [-0.15, -0.1) is 11.8 Å². The second-order valence-corrected chi connectivity index (χ2v) is 6.98. The number of aromatic amines is 1. The lowest BCUT2D eigenvalue weighted by atomic mass is 10.2. The second kappa shape index (κ2) is 6.76. The molecule has 3 aromatic rings. The fourth-order valence-electron chi connectivity index (χ4n) is 2.80. The first kappa shape index (κ1) is 17.1. The summed E-state index contributed by atoms with van der Waals surface area (Å²) in [7, 11) is 0. The van der Waals surface area contributed by atoms with E-state index < -0.39 is 16.8 Å². The Labute approximate surface area is 157 Å². The highest BCUT2D eigenvalue weighted by molar-refractivity contribution is 8.00. The zero-order valence-corrected chi connectivity index (χ0v) is 14.7. The summed E-state index contributed by atoms with van der Waals surface area (Å²) in [5.41, 5.74) is 2.98. The molecule has 27 heavy (non-hydrogen) atoms. The van der Waals surface area contributed by atoms with Crippen molar-refractivity contribution in [3.8, 4) is 5.75 Å². The average molecular weight is 382 g/mol. The predicted octanol–water partition coefficient (Wildman–Crippen LogP) is 1.55. The molecule has 136 valence electrons. The third-order valence-corrected chi connectivity index (χ3v) is 5.34. The molecule has 3 N–H and O–H groups in total. The first-order valence-corrected chi connectivity index (χ1v) is 9.09. The summed E-state index contributed by atoms with van der Waals surface area (Å²) < 4.78 is 0. The van der Waals surface area contributed by atoms with Gasteiger partial charge in [0.15, 0.2) is 0 Å². The van der Waals surface area contributed by atoms with Crippen LogP contribution in [-0.2, 0) is 4.79 Å². The predicted molar refractivity (Wildman–Crippen MR) is 100.0 cm³/mol. The Morgan fingerprint density at radius 2 is 2.04 bits per heavy atom. The van der Waals surface area contributed by atoms with Gasteiger partial charge < -0.3 is 10.1 Å². The molecule has 1 atom stereocenters. The van der Waals surface area contributed by atoms with Crippen LogP contribution < -0.4 is 11.0 Å². The lowest BCUT2D eigenvalue weighted by molar-refractivity contribution is -0.130. The Kier molecular flexibility index (Phi) is 4.28. The first-order chi connectivity index (χ1) is 13.0. The van der Waals surface area contributed by atoms with Gasteiger partial charge in [-0.1, -0.05) is 12.1 Å². The molecule has 1 aliphatic rings. The summed E-state index contributed by atoms with van der Waals surface area (Å²) in [5, 5.41) is 10.8. The molecule has 8 nitrogen and oxygen atoms in total. The Hall–Kier alpha value is -3.33. The summed E-state index contributed by atoms with van der Waals surface area (Å²) in [6.45, 7) is 0. The SMILES string of the molecule is O=C(NN1C(=O)CSC1c1ccc(O)cc1)c1cc2cccnc2[nH]c1=O. The van der Waals surface area contributed by atoms with Crippen molar-refractivity contribution >= 4 is 34.6 Å². The van der Waals surface area contributed by atoms with E-state index in [1.54, 1.807) is 30.5 Å². The number of nitrogens with one attached hydrogen (secondary N) is 2. The smallest absolute Gasteiger partial charge is 0.275 e. The highest BCUT2D eigenvalue weighted by Gasteiger charge is 2.34. The van der Waals surface area contributed by atoms with E-state index in [1.165, 1.54) is 35.0 Å². The summed E-state index contributed by atoms with van der Waals surface area (Å²) in [6, 6.07) is 11.3. The monoisotopic (exact) mass is 382 g/mol. The van der Waals surface area contributed by atoms with Crippen LogP contribution in [0.25, 0.3) is 11.0 Å². The van der Waals surface area contributed by atoms with Gasteiger partial charge in [-0.05, 0) is 35.9 Å². The number of hydrogen-bond acceptors (Lipinski definition) is 6. The average Bonchev–Trinajstić information content (AvgIpc) is 3.02. The molecule has 4 rings (SSSR count). The maximum atomic E-state index is 12.6. The van der Waals surface area contributed by atoms with Gasteiger partial charge >= 0.3 is 0 Å². The Bertz CT molecular complexity index is 1100. The number of hydrogen-bond donors (Lipinski definition) is 3. The lowest BCUT2D eigenvalue weighted by Crippen LogP contribution is -2.45. The van der Waals surface area contributed by atoms with Gasteiger partial charge in [0.2, 0.25) is 0 Å². The number of fused-ring (bicyclic) bond motifs is 1. The third-order valence-electron chi connectivity index (χ3n) is 4.13. The van der Waals surface area contributed by atoms with Crippen molar-refractivity contribution in [3.05, 3.63) is 70.1 Å². The highest BCUT2D eigenvalue weighted by Crippen LogP contribution is 2.37. The highest BCUT2D eigenvalue weighted by atomic mass is 32.2. The maximum absolute atomic E-state index is 12.6. The van der Waals surface area contributed by atoms with Gasteiger partial charge in [0.25, 0.3) is 17.4 Å². The summed E-state index contributed by atoms with van der Waals surface area (Å²) in [4.78, 5) is 43.7. The van der Waals surface area contributed by atoms with Crippen LogP contribution in [0, 0.1) is 0 Å². The largest absolute Gasteiger partial charge is 0.508 e. The van der Waals surface area contributed by atoms with Crippen molar-refractivity contribution in [2.75, 3.05) is 5.75 Å². The van der Waals surface area contributed by atoms with Crippen LogP contribution in [0.2, 0.25) is 0 Å². The quantitative estimate of drug-likeness (QED) is 0.633. The van der Waals surface area contributed by atoms with Gasteiger partial charge in [-0.3, -0.25) is 19.8 Å². The molecule has 0 bridgehead atoms. The number of thioether (sulfide) groups is 1. The number of carbonyl (C=O) groups excluding carboxylic acids is 2. The van der Waals surface area contributed by atoms with Crippen molar-refractivity contribution in [3.63, 3.8) is 0 Å². The van der Waals surface area contributed by atoms with Gasteiger partial charge in [0.1, 0.15) is 22.3 Å². The minimum Gasteiger partial charge on any atom is -0.508 e. The van der Waals surface area contributed by atoms with Crippen molar-refractivity contribution < 1.29 is 14.7 Å². The Balaban J connectivity index is 1.63. The Morgan fingerprint density at radius 3 is 2.81 bits per heavy atom. The van der Waals surface area contributed by atoms with Gasteiger partial charge in [-0.25, -0.2) is 9.99 Å². The molecule has 1 aliphatic heterocycles. The zero-order valence-electron chi connectivity index (χ0n) is 13.9. The van der Waals surface area contributed by atoms with Crippen LogP contribution in [0.5, 0.6) is 5.75 Å². The number of carbonyl (C=O) groups is 2. The minimum atomic E-state index is -0.679. The van der Waals surface area contributed by atoms with Crippen LogP contribution in [0.4, 0.5) is 0 Å². The van der Waals surface area contributed by atoms with Gasteiger partial charge in [-0.2, -0.15) is 0 Å². The minimum absolute atomic E-state index is 0.107. The molecule has 1 unspecified atom stereocenters. The number of benzene rings is 1. The molecule has 0 radical (unpaired) electrons. The molecular weight excluding hydrogens is 368 g/mol. The van der Waals surface area contributed by atoms with Crippen molar-refractivity contribution in [1.82, 2.24) is 20.4 Å². The normalized spacial score (nSPS) is 16.7. The van der Waals surface area contributed by atoms with E-state index >= 15 is 0 Å². The van der Waals surface area contributed by atoms with E-state index in [9.17, 15) is 19.5 Å². The zero-order chi connectivity index (χ0) is 19.0. The van der Waals surface area contributed by atoms with Crippen molar-refractivity contribution in [2.45, 2.75) is 5.37 Å². The van der Waals surface area contributed by atoms with E-state index in [0.717, 1.165) is 5.56 Å². The molecule has 1 fully saturated rings. The number of hydrazine groups is 1. The summed E-state index contributed by atoms with van der Waals surface area (Å²) in [6.07, 6.45) is 1.54. The van der Waals surface area contributed by atoms with Crippen molar-refractivity contribution in [1.29, 1.82) is 0 Å². The number of phenolic OH excluding ortho intramolecular Hbond substituents is 1. The molecule has 0 aliphatic carbocycles. The van der Waals surface area contributed by atoms with Crippen LogP contribution in [0.1, 0.15) is 21.3 Å². The molecule has 3 heterocycles. The third kappa shape index (κ3) is 3.24. The number of nitrogens with zero attached hydrogens (tertiary/aromatic N) is 2. The van der Waals surface area contributed by atoms with Crippen LogP contribution in [-0.4, -0.2) is 37.7 Å². The lowest BCUT2D eigenvalue weighted by Gasteiger charge is -2.24. The van der Waals surface area contributed by atoms with E-state index in [0.29, 0.717) is 11.0 Å². The summed E-state index contributed by atoms with van der Waals surface area (Å²) in [5.74, 6) is -0.643. The number of phenols is 1. The fraction of sp³-hybridized carbons (Fsp3) is 0.111. The molecule has 0 saturated carbocycles. The molecule has 1 saturated heterocycles. The molecule has 1 aromatic carbocycles.